The van der Waals surface area contributed by atoms with Gasteiger partial charge in [0, 0.05) is 18.7 Å². The molecular weight excluding hydrogens is 273 g/mol. The molecule has 0 aromatic carbocycles. The monoisotopic (exact) mass is 288 g/mol. The van der Waals surface area contributed by atoms with Crippen LogP contribution in [0.4, 0.5) is 13.2 Å². The summed E-state index contributed by atoms with van der Waals surface area (Å²) in [4.78, 5) is 12.9. The smallest absolute Gasteiger partial charge is 0.406 e. The number of rotatable bonds is 4. The van der Waals surface area contributed by atoms with Crippen molar-refractivity contribution in [2.75, 3.05) is 19.6 Å². The fraction of sp³-hybridized carbons (Fsp3) is 0.462. The standard InChI is InChI=1S/C13H15F3N2O2/c1-9(10-5-17-6-10)12(19)18(8-13(14,15)16)7-11-3-2-4-20-11/h2-4,17H,5-8H2,1H3. The third-order valence-corrected chi connectivity index (χ3v) is 3.11. The van der Waals surface area contributed by atoms with E-state index in [1.165, 1.54) is 6.26 Å². The Morgan fingerprint density at radius 2 is 2.15 bits per heavy atom. The number of nitrogens with one attached hydrogen (secondary N) is 1. The van der Waals surface area contributed by atoms with Crippen LogP contribution in [0.5, 0.6) is 0 Å². The number of carbonyl (C=O) groups excluding carboxylic acids is 1. The minimum Gasteiger partial charge on any atom is -0.467 e. The molecule has 0 radical (unpaired) electrons. The summed E-state index contributed by atoms with van der Waals surface area (Å²) < 4.78 is 42.8. The summed E-state index contributed by atoms with van der Waals surface area (Å²) in [7, 11) is 0. The van der Waals surface area contributed by atoms with Crippen molar-refractivity contribution < 1.29 is 22.4 Å². The molecule has 1 aromatic rings. The number of carbonyl (C=O) groups is 1. The van der Waals surface area contributed by atoms with E-state index in [0.29, 0.717) is 24.4 Å². The summed E-state index contributed by atoms with van der Waals surface area (Å²) in [6.07, 6.45) is -3.07. The van der Waals surface area contributed by atoms with Crippen LogP contribution in [0.1, 0.15) is 12.7 Å². The molecule has 0 saturated carbocycles. The Hall–Kier alpha value is -1.76. The van der Waals surface area contributed by atoms with Gasteiger partial charge in [0.05, 0.1) is 12.8 Å². The molecule has 1 saturated heterocycles. The van der Waals surface area contributed by atoms with E-state index in [0.717, 1.165) is 10.5 Å². The van der Waals surface area contributed by atoms with Gasteiger partial charge in [0.15, 0.2) is 0 Å². The van der Waals surface area contributed by atoms with Crippen molar-refractivity contribution in [3.63, 3.8) is 0 Å². The normalized spacial score (nSPS) is 14.9. The zero-order valence-electron chi connectivity index (χ0n) is 11.0. The first-order valence-corrected chi connectivity index (χ1v) is 6.14. The number of amides is 1. The lowest BCUT2D eigenvalue weighted by atomic mass is 10.0. The minimum atomic E-state index is -4.44. The molecule has 0 atom stereocenters. The van der Waals surface area contributed by atoms with E-state index >= 15 is 0 Å². The molecule has 1 aliphatic heterocycles. The molecule has 110 valence electrons. The van der Waals surface area contributed by atoms with Gasteiger partial charge in [0.25, 0.3) is 0 Å². The Labute approximate surface area is 114 Å². The van der Waals surface area contributed by atoms with Crippen LogP contribution < -0.4 is 5.32 Å². The van der Waals surface area contributed by atoms with Crippen LogP contribution in [0.15, 0.2) is 34.0 Å². The van der Waals surface area contributed by atoms with Crippen LogP contribution in [0.25, 0.3) is 0 Å². The van der Waals surface area contributed by atoms with E-state index in [4.69, 9.17) is 4.42 Å². The molecule has 1 aliphatic rings. The molecule has 2 heterocycles. The maximum Gasteiger partial charge on any atom is 0.406 e. The summed E-state index contributed by atoms with van der Waals surface area (Å²) in [5.41, 5.74) is 1.22. The van der Waals surface area contributed by atoms with Crippen molar-refractivity contribution in [1.29, 1.82) is 0 Å². The van der Waals surface area contributed by atoms with Crippen molar-refractivity contribution in [3.8, 4) is 0 Å². The van der Waals surface area contributed by atoms with Gasteiger partial charge >= 0.3 is 6.18 Å². The molecule has 0 bridgehead atoms. The Morgan fingerprint density at radius 1 is 1.45 bits per heavy atom. The lowest BCUT2D eigenvalue weighted by Gasteiger charge is -2.27. The van der Waals surface area contributed by atoms with Crippen molar-refractivity contribution in [1.82, 2.24) is 10.2 Å². The summed E-state index contributed by atoms with van der Waals surface area (Å²) in [6, 6.07) is 3.12. The average molecular weight is 288 g/mol. The van der Waals surface area contributed by atoms with Crippen LogP contribution in [-0.2, 0) is 11.3 Å². The highest BCUT2D eigenvalue weighted by molar-refractivity contribution is 5.94. The second-order valence-electron chi connectivity index (χ2n) is 4.69. The van der Waals surface area contributed by atoms with Gasteiger partial charge in [-0.15, -0.1) is 0 Å². The average Bonchev–Trinajstić information content (AvgIpc) is 2.75. The summed E-state index contributed by atoms with van der Waals surface area (Å²) in [5, 5.41) is 2.96. The molecule has 0 spiro atoms. The van der Waals surface area contributed by atoms with E-state index in [2.05, 4.69) is 5.32 Å². The number of nitrogens with zero attached hydrogens (tertiary/aromatic N) is 1. The molecule has 0 aliphatic carbocycles. The van der Waals surface area contributed by atoms with E-state index in [1.54, 1.807) is 19.1 Å². The zero-order valence-corrected chi connectivity index (χ0v) is 11.0. The molecule has 1 amide bonds. The first kappa shape index (κ1) is 14.6. The van der Waals surface area contributed by atoms with Crippen molar-refractivity contribution in [2.45, 2.75) is 19.6 Å². The van der Waals surface area contributed by atoms with E-state index < -0.39 is 18.6 Å². The van der Waals surface area contributed by atoms with E-state index in [1.807, 2.05) is 0 Å². The number of halogens is 3. The van der Waals surface area contributed by atoms with Gasteiger partial charge in [-0.1, -0.05) is 0 Å². The topological polar surface area (TPSA) is 45.5 Å². The number of alkyl halides is 3. The highest BCUT2D eigenvalue weighted by Gasteiger charge is 2.34. The maximum absolute atomic E-state index is 12.6. The molecule has 0 unspecified atom stereocenters. The highest BCUT2D eigenvalue weighted by Crippen LogP contribution is 2.21. The lowest BCUT2D eigenvalue weighted by molar-refractivity contribution is -0.160. The first-order chi connectivity index (χ1) is 9.37. The molecular formula is C13H15F3N2O2. The first-order valence-electron chi connectivity index (χ1n) is 6.14. The summed E-state index contributed by atoms with van der Waals surface area (Å²) in [6.45, 7) is 1.19. The lowest BCUT2D eigenvalue weighted by Crippen LogP contribution is -2.42. The number of hydrogen-bond donors (Lipinski definition) is 1. The fourth-order valence-electron chi connectivity index (χ4n) is 1.91. The maximum atomic E-state index is 12.6. The molecule has 1 fully saturated rings. The van der Waals surface area contributed by atoms with Crippen LogP contribution in [0, 0.1) is 0 Å². The van der Waals surface area contributed by atoms with Crippen LogP contribution in [-0.4, -0.2) is 36.6 Å². The number of furan rings is 1. The predicted molar refractivity (Wildman–Crippen MR) is 65.7 cm³/mol. The molecule has 1 N–H and O–H groups in total. The van der Waals surface area contributed by atoms with Gasteiger partial charge in [-0.3, -0.25) is 4.79 Å². The van der Waals surface area contributed by atoms with Crippen molar-refractivity contribution >= 4 is 5.91 Å². The molecule has 7 heteroatoms. The van der Waals surface area contributed by atoms with Gasteiger partial charge in [-0.05, 0) is 24.6 Å². The second kappa shape index (κ2) is 5.70. The molecule has 20 heavy (non-hydrogen) atoms. The van der Waals surface area contributed by atoms with Gasteiger partial charge < -0.3 is 14.6 Å². The number of hydrogen-bond acceptors (Lipinski definition) is 3. The third-order valence-electron chi connectivity index (χ3n) is 3.11. The summed E-state index contributed by atoms with van der Waals surface area (Å²) >= 11 is 0. The quantitative estimate of drug-likeness (QED) is 0.863. The highest BCUT2D eigenvalue weighted by atomic mass is 19.4. The molecule has 1 aromatic heterocycles. The third kappa shape index (κ3) is 3.63. The molecule has 4 nitrogen and oxygen atoms in total. The second-order valence-corrected chi connectivity index (χ2v) is 4.69. The van der Waals surface area contributed by atoms with Crippen LogP contribution in [0.2, 0.25) is 0 Å². The minimum absolute atomic E-state index is 0.191. The summed E-state index contributed by atoms with van der Waals surface area (Å²) in [5.74, 6) is -0.276. The van der Waals surface area contributed by atoms with Crippen molar-refractivity contribution in [3.05, 3.63) is 35.3 Å². The van der Waals surface area contributed by atoms with Crippen molar-refractivity contribution in [2.24, 2.45) is 0 Å². The van der Waals surface area contributed by atoms with Gasteiger partial charge in [0.2, 0.25) is 5.91 Å². The fourth-order valence-corrected chi connectivity index (χ4v) is 1.91. The van der Waals surface area contributed by atoms with Crippen LogP contribution in [0.3, 0.4) is 0 Å². The Balaban J connectivity index is 2.15. The zero-order chi connectivity index (χ0) is 14.8. The van der Waals surface area contributed by atoms with Gasteiger partial charge in [-0.25, -0.2) is 0 Å². The largest absolute Gasteiger partial charge is 0.467 e. The van der Waals surface area contributed by atoms with Crippen LogP contribution >= 0.6 is 0 Å². The van der Waals surface area contributed by atoms with E-state index in [9.17, 15) is 18.0 Å². The Bertz CT molecular complexity index is 500. The van der Waals surface area contributed by atoms with Gasteiger partial charge in [-0.2, -0.15) is 13.2 Å². The Kier molecular flexibility index (Phi) is 4.17. The molecule has 2 rings (SSSR count). The van der Waals surface area contributed by atoms with Gasteiger partial charge in [0.1, 0.15) is 12.3 Å². The Morgan fingerprint density at radius 3 is 2.60 bits per heavy atom. The SMILES string of the molecule is CC(C(=O)N(Cc1ccco1)CC(F)(F)F)=C1CNC1. The van der Waals surface area contributed by atoms with E-state index in [-0.39, 0.29) is 6.54 Å². The predicted octanol–water partition coefficient (Wildman–Crippen LogP) is 2.09.